The lowest BCUT2D eigenvalue weighted by atomic mass is 10.2. The summed E-state index contributed by atoms with van der Waals surface area (Å²) >= 11 is 3.21. The maximum absolute atomic E-state index is 12.5. The third-order valence-corrected chi connectivity index (χ3v) is 2.82. The Morgan fingerprint density at radius 1 is 1.47 bits per heavy atom. The molecule has 90 valence electrons. The van der Waals surface area contributed by atoms with Gasteiger partial charge in [-0.25, -0.2) is 13.8 Å². The largest absolute Gasteiger partial charge is 0.495 e. The quantitative estimate of drug-likeness (QED) is 0.928. The molecule has 0 saturated heterocycles. The minimum absolute atomic E-state index is 0.170. The molecule has 0 bridgehead atoms. The number of hydrogen-bond donors (Lipinski definition) is 1. The van der Waals surface area contributed by atoms with E-state index in [-0.39, 0.29) is 10.9 Å². The van der Waals surface area contributed by atoms with E-state index in [9.17, 15) is 13.6 Å². The molecule has 0 aliphatic heterocycles. The van der Waals surface area contributed by atoms with E-state index in [2.05, 4.69) is 20.9 Å². The van der Waals surface area contributed by atoms with E-state index < -0.39 is 17.8 Å². The topological polar surface area (TPSA) is 55.0 Å². The molecular weight excluding hydrogens is 298 g/mol. The maximum Gasteiger partial charge on any atom is 0.295 e. The third-order valence-electron chi connectivity index (χ3n) is 2.20. The summed E-state index contributed by atoms with van der Waals surface area (Å²) in [5.74, 6) is -0.220. The molecule has 4 nitrogen and oxygen atoms in total. The van der Waals surface area contributed by atoms with E-state index in [4.69, 9.17) is 4.74 Å². The zero-order valence-electron chi connectivity index (χ0n) is 8.63. The van der Waals surface area contributed by atoms with E-state index in [1.54, 1.807) is 0 Å². The number of benzene rings is 1. The van der Waals surface area contributed by atoms with Gasteiger partial charge in [0.25, 0.3) is 12.0 Å². The van der Waals surface area contributed by atoms with Crippen LogP contribution in [0.25, 0.3) is 10.9 Å². The Bertz CT molecular complexity index is 627. The number of rotatable bonds is 2. The molecule has 0 fully saturated rings. The van der Waals surface area contributed by atoms with Gasteiger partial charge in [0.05, 0.1) is 22.5 Å². The van der Waals surface area contributed by atoms with Crippen molar-refractivity contribution < 1.29 is 13.5 Å². The molecule has 1 heterocycles. The highest BCUT2D eigenvalue weighted by Gasteiger charge is 2.14. The third kappa shape index (κ3) is 2.14. The van der Waals surface area contributed by atoms with Gasteiger partial charge in [0, 0.05) is 6.07 Å². The van der Waals surface area contributed by atoms with Crippen molar-refractivity contribution in [1.29, 1.82) is 0 Å². The minimum Gasteiger partial charge on any atom is -0.495 e. The van der Waals surface area contributed by atoms with Gasteiger partial charge in [-0.3, -0.25) is 4.79 Å². The van der Waals surface area contributed by atoms with Crippen molar-refractivity contribution >= 4 is 26.8 Å². The number of nitrogens with one attached hydrogen (secondary N) is 1. The molecule has 7 heteroatoms. The Kier molecular flexibility index (Phi) is 3.10. The molecule has 0 amide bonds. The molecule has 17 heavy (non-hydrogen) atoms. The summed E-state index contributed by atoms with van der Waals surface area (Å²) in [7, 11) is 1.44. The molecule has 0 spiro atoms. The molecular formula is C10H7BrF2N2O2. The first-order chi connectivity index (χ1) is 8.02. The highest BCUT2D eigenvalue weighted by atomic mass is 79.9. The fourth-order valence-corrected chi connectivity index (χ4v) is 1.92. The number of aromatic amines is 1. The van der Waals surface area contributed by atoms with Gasteiger partial charge in [0.1, 0.15) is 5.75 Å². The Morgan fingerprint density at radius 2 is 2.18 bits per heavy atom. The predicted molar refractivity (Wildman–Crippen MR) is 61.6 cm³/mol. The van der Waals surface area contributed by atoms with Crippen molar-refractivity contribution in [2.75, 3.05) is 7.11 Å². The molecule has 1 aromatic heterocycles. The maximum atomic E-state index is 12.5. The van der Waals surface area contributed by atoms with Crippen molar-refractivity contribution in [3.8, 4) is 5.75 Å². The van der Waals surface area contributed by atoms with Crippen LogP contribution in [0.4, 0.5) is 8.78 Å². The van der Waals surface area contributed by atoms with Gasteiger partial charge < -0.3 is 9.72 Å². The van der Waals surface area contributed by atoms with Crippen molar-refractivity contribution in [1.82, 2.24) is 9.97 Å². The number of fused-ring (bicyclic) bond motifs is 1. The van der Waals surface area contributed by atoms with Crippen molar-refractivity contribution in [2.24, 2.45) is 0 Å². The van der Waals surface area contributed by atoms with Gasteiger partial charge in [-0.1, -0.05) is 0 Å². The summed E-state index contributed by atoms with van der Waals surface area (Å²) in [5.41, 5.74) is -0.433. The van der Waals surface area contributed by atoms with Crippen LogP contribution in [0, 0.1) is 0 Å². The lowest BCUT2D eigenvalue weighted by molar-refractivity contribution is 0.140. The van der Waals surface area contributed by atoms with Crippen molar-refractivity contribution in [2.45, 2.75) is 6.43 Å². The molecule has 0 unspecified atom stereocenters. The normalized spacial score (nSPS) is 11.1. The second kappa shape index (κ2) is 4.40. The summed E-state index contributed by atoms with van der Waals surface area (Å²) in [4.78, 5) is 17.3. The smallest absolute Gasteiger partial charge is 0.295 e. The Balaban J connectivity index is 2.78. The minimum atomic E-state index is -2.82. The zero-order valence-corrected chi connectivity index (χ0v) is 10.2. The summed E-state index contributed by atoms with van der Waals surface area (Å²) in [6.45, 7) is 0. The average molecular weight is 305 g/mol. The van der Waals surface area contributed by atoms with Crippen LogP contribution >= 0.6 is 15.9 Å². The number of hydrogen-bond acceptors (Lipinski definition) is 3. The standard InChI is InChI=1S/C10H7BrF2N2O2/c1-17-7-3-6-4(2-5(7)11)10(16)15-9(14-6)8(12)13/h2-3,8H,1H3,(H,14,15,16). The fraction of sp³-hybridized carbons (Fsp3) is 0.200. The number of halogens is 3. The highest BCUT2D eigenvalue weighted by molar-refractivity contribution is 9.10. The van der Waals surface area contributed by atoms with E-state index in [0.29, 0.717) is 10.2 Å². The highest BCUT2D eigenvalue weighted by Crippen LogP contribution is 2.28. The Labute approximate surface area is 103 Å². The summed E-state index contributed by atoms with van der Waals surface area (Å²) in [6.07, 6.45) is -2.82. The molecule has 1 N–H and O–H groups in total. The molecule has 0 atom stereocenters. The summed E-state index contributed by atoms with van der Waals surface area (Å²) in [5, 5.41) is 0.224. The molecule has 2 rings (SSSR count). The summed E-state index contributed by atoms with van der Waals surface area (Å²) < 4.78 is 30.5. The van der Waals surface area contributed by atoms with Crippen LogP contribution in [0.3, 0.4) is 0 Å². The fourth-order valence-electron chi connectivity index (χ4n) is 1.42. The van der Waals surface area contributed by atoms with Crippen molar-refractivity contribution in [3.05, 3.63) is 32.8 Å². The van der Waals surface area contributed by atoms with Gasteiger partial charge in [0.2, 0.25) is 0 Å². The first kappa shape index (κ1) is 12.0. The number of aromatic nitrogens is 2. The van der Waals surface area contributed by atoms with Gasteiger partial charge in [0.15, 0.2) is 5.82 Å². The van der Waals surface area contributed by atoms with Crippen molar-refractivity contribution in [3.63, 3.8) is 0 Å². The summed E-state index contributed by atoms with van der Waals surface area (Å²) in [6, 6.07) is 2.91. The van der Waals surface area contributed by atoms with E-state index in [1.807, 2.05) is 4.98 Å². The van der Waals surface area contributed by atoms with E-state index in [1.165, 1.54) is 19.2 Å². The average Bonchev–Trinajstić information content (AvgIpc) is 2.29. The van der Waals surface area contributed by atoms with E-state index in [0.717, 1.165) is 0 Å². The first-order valence-electron chi connectivity index (χ1n) is 4.58. The molecule has 0 radical (unpaired) electrons. The van der Waals surface area contributed by atoms with Gasteiger partial charge in [-0.15, -0.1) is 0 Å². The first-order valence-corrected chi connectivity index (χ1v) is 5.38. The van der Waals surface area contributed by atoms with E-state index >= 15 is 0 Å². The number of ether oxygens (including phenoxy) is 1. The molecule has 0 saturated carbocycles. The molecule has 1 aromatic carbocycles. The Morgan fingerprint density at radius 3 is 2.76 bits per heavy atom. The van der Waals surface area contributed by atoms with Crippen LogP contribution in [-0.4, -0.2) is 17.1 Å². The predicted octanol–water partition coefficient (Wildman–Crippen LogP) is 2.63. The second-order valence-corrected chi connectivity index (χ2v) is 4.11. The van der Waals surface area contributed by atoms with Crippen LogP contribution in [0.5, 0.6) is 5.75 Å². The van der Waals surface area contributed by atoms with Gasteiger partial charge in [-0.2, -0.15) is 0 Å². The lowest BCUT2D eigenvalue weighted by Crippen LogP contribution is -2.12. The number of nitrogens with zero attached hydrogens (tertiary/aromatic N) is 1. The SMILES string of the molecule is COc1cc2nc(C(F)F)[nH]c(=O)c2cc1Br. The van der Waals surface area contributed by atoms with Crippen LogP contribution in [0.2, 0.25) is 0 Å². The van der Waals surface area contributed by atoms with Crippen LogP contribution in [-0.2, 0) is 0 Å². The monoisotopic (exact) mass is 304 g/mol. The number of H-pyrrole nitrogens is 1. The van der Waals surface area contributed by atoms with Crippen LogP contribution in [0.15, 0.2) is 21.4 Å². The van der Waals surface area contributed by atoms with Crippen LogP contribution < -0.4 is 10.3 Å². The number of alkyl halides is 2. The Hall–Kier alpha value is -1.50. The van der Waals surface area contributed by atoms with Gasteiger partial charge >= 0.3 is 0 Å². The molecule has 0 aliphatic carbocycles. The molecule has 2 aromatic rings. The number of methoxy groups -OCH3 is 1. The second-order valence-electron chi connectivity index (χ2n) is 3.26. The zero-order chi connectivity index (χ0) is 12.6. The van der Waals surface area contributed by atoms with Crippen LogP contribution in [0.1, 0.15) is 12.2 Å². The van der Waals surface area contributed by atoms with Gasteiger partial charge in [-0.05, 0) is 22.0 Å². The lowest BCUT2D eigenvalue weighted by Gasteiger charge is -2.06. The molecule has 0 aliphatic rings.